The number of amides is 1. The summed E-state index contributed by atoms with van der Waals surface area (Å²) in [5, 5.41) is 3.23. The Morgan fingerprint density at radius 1 is 1.43 bits per heavy atom. The van der Waals surface area contributed by atoms with Gasteiger partial charge in [-0.25, -0.2) is 0 Å². The van der Waals surface area contributed by atoms with E-state index in [1.54, 1.807) is 11.8 Å². The molecule has 0 bridgehead atoms. The van der Waals surface area contributed by atoms with E-state index in [1.807, 2.05) is 23.7 Å². The molecule has 0 aromatic carbocycles. The third kappa shape index (κ3) is 2.20. The maximum Gasteiger partial charge on any atom is 0.240 e. The number of carbonyl (C=O) groups is 1. The van der Waals surface area contributed by atoms with Gasteiger partial charge in [0, 0.05) is 30.5 Å². The minimum absolute atomic E-state index is 0.0654. The third-order valence-electron chi connectivity index (χ3n) is 2.82. The molecule has 0 spiro atoms. The topological polar surface area (TPSA) is 32.3 Å². The van der Waals surface area contributed by atoms with Crippen molar-refractivity contribution in [3.63, 3.8) is 0 Å². The summed E-state index contributed by atoms with van der Waals surface area (Å²) < 4.78 is 0. The highest BCUT2D eigenvalue weighted by molar-refractivity contribution is 7.99. The molecule has 2 saturated heterocycles. The first-order chi connectivity index (χ1) is 6.79. The first kappa shape index (κ1) is 10.6. The summed E-state index contributed by atoms with van der Waals surface area (Å²) in [4.78, 5) is 13.9. The molecular weight excluding hydrogens is 216 g/mol. The second kappa shape index (κ2) is 4.77. The number of nitrogens with zero attached hydrogens (tertiary/aromatic N) is 1. The summed E-state index contributed by atoms with van der Waals surface area (Å²) >= 11 is 3.76. The molecular formula is C9H16N2OS2. The molecule has 0 aromatic rings. The van der Waals surface area contributed by atoms with Crippen LogP contribution in [-0.4, -0.2) is 53.1 Å². The summed E-state index contributed by atoms with van der Waals surface area (Å²) in [6.07, 6.45) is 1.16. The van der Waals surface area contributed by atoms with Crippen LogP contribution in [-0.2, 0) is 4.79 Å². The first-order valence-electron chi connectivity index (χ1n) is 4.94. The van der Waals surface area contributed by atoms with Crippen molar-refractivity contribution in [2.75, 3.05) is 30.2 Å². The number of likely N-dealkylation sites (N-methyl/N-ethyl adjacent to an activating group) is 1. The minimum Gasteiger partial charge on any atom is -0.341 e. The van der Waals surface area contributed by atoms with E-state index in [4.69, 9.17) is 0 Å². The molecule has 0 saturated carbocycles. The molecule has 2 aliphatic rings. The van der Waals surface area contributed by atoms with E-state index in [0.717, 1.165) is 23.8 Å². The number of thioether (sulfide) groups is 2. The van der Waals surface area contributed by atoms with Gasteiger partial charge in [0.1, 0.15) is 0 Å². The summed E-state index contributed by atoms with van der Waals surface area (Å²) in [5.74, 6) is 4.45. The quantitative estimate of drug-likeness (QED) is 0.756. The second-order valence-corrected chi connectivity index (χ2v) is 5.92. The van der Waals surface area contributed by atoms with Gasteiger partial charge in [0.15, 0.2) is 0 Å². The van der Waals surface area contributed by atoms with Crippen LogP contribution in [0, 0.1) is 0 Å². The van der Waals surface area contributed by atoms with Crippen LogP contribution in [0.15, 0.2) is 0 Å². The average Bonchev–Trinajstić information content (AvgIpc) is 2.87. The van der Waals surface area contributed by atoms with E-state index in [-0.39, 0.29) is 11.9 Å². The highest BCUT2D eigenvalue weighted by atomic mass is 32.2. The highest BCUT2D eigenvalue weighted by Crippen LogP contribution is 2.22. The molecule has 0 radical (unpaired) electrons. The summed E-state index contributed by atoms with van der Waals surface area (Å²) in [6, 6.07) is 0.538. The average molecular weight is 232 g/mol. The normalized spacial score (nSPS) is 32.1. The van der Waals surface area contributed by atoms with Gasteiger partial charge in [-0.3, -0.25) is 10.1 Å². The Balaban J connectivity index is 1.89. The van der Waals surface area contributed by atoms with Gasteiger partial charge in [-0.15, -0.1) is 11.8 Å². The molecule has 14 heavy (non-hydrogen) atoms. The molecule has 80 valence electrons. The van der Waals surface area contributed by atoms with Crippen LogP contribution in [0.4, 0.5) is 0 Å². The molecule has 2 atom stereocenters. The van der Waals surface area contributed by atoms with Crippen LogP contribution in [0.3, 0.4) is 0 Å². The fourth-order valence-corrected chi connectivity index (χ4v) is 4.01. The molecule has 0 aliphatic carbocycles. The fraction of sp³-hybridized carbons (Fsp3) is 0.889. The lowest BCUT2D eigenvalue weighted by Gasteiger charge is -2.26. The van der Waals surface area contributed by atoms with E-state index in [9.17, 15) is 4.79 Å². The van der Waals surface area contributed by atoms with E-state index in [1.165, 1.54) is 5.75 Å². The van der Waals surface area contributed by atoms with E-state index >= 15 is 0 Å². The molecule has 2 fully saturated rings. The molecule has 5 heteroatoms. The van der Waals surface area contributed by atoms with Crippen LogP contribution in [0.1, 0.15) is 6.42 Å². The summed E-state index contributed by atoms with van der Waals surface area (Å²) in [7, 11) is 1.95. The number of hydrogen-bond acceptors (Lipinski definition) is 4. The molecule has 2 heterocycles. The van der Waals surface area contributed by atoms with E-state index in [0.29, 0.717) is 6.04 Å². The monoisotopic (exact) mass is 232 g/mol. The zero-order valence-corrected chi connectivity index (χ0v) is 10.00. The van der Waals surface area contributed by atoms with Crippen LogP contribution < -0.4 is 5.32 Å². The molecule has 3 nitrogen and oxygen atoms in total. The van der Waals surface area contributed by atoms with Crippen LogP contribution in [0.25, 0.3) is 0 Å². The van der Waals surface area contributed by atoms with Crippen molar-refractivity contribution in [2.24, 2.45) is 0 Å². The zero-order chi connectivity index (χ0) is 9.97. The van der Waals surface area contributed by atoms with Crippen molar-refractivity contribution in [1.82, 2.24) is 10.2 Å². The first-order valence-corrected chi connectivity index (χ1v) is 7.25. The van der Waals surface area contributed by atoms with Crippen molar-refractivity contribution in [1.29, 1.82) is 0 Å². The Hall–Kier alpha value is 0.130. The molecule has 2 rings (SSSR count). The van der Waals surface area contributed by atoms with Gasteiger partial charge >= 0.3 is 0 Å². The molecule has 2 aliphatic heterocycles. The van der Waals surface area contributed by atoms with Gasteiger partial charge in [-0.1, -0.05) is 0 Å². The van der Waals surface area contributed by atoms with Crippen LogP contribution >= 0.6 is 23.5 Å². The van der Waals surface area contributed by atoms with Gasteiger partial charge in [0.05, 0.1) is 6.04 Å². The lowest BCUT2D eigenvalue weighted by atomic mass is 10.2. The minimum atomic E-state index is 0.0654. The van der Waals surface area contributed by atoms with Crippen molar-refractivity contribution in [2.45, 2.75) is 18.5 Å². The largest absolute Gasteiger partial charge is 0.341 e. The number of nitrogens with one attached hydrogen (secondary N) is 1. The Bertz CT molecular complexity index is 213. The maximum atomic E-state index is 12.0. The Morgan fingerprint density at radius 2 is 2.29 bits per heavy atom. The van der Waals surface area contributed by atoms with Crippen molar-refractivity contribution in [3.8, 4) is 0 Å². The number of rotatable bonds is 2. The van der Waals surface area contributed by atoms with Crippen molar-refractivity contribution < 1.29 is 4.79 Å². The standard InChI is InChI=1S/C9H16N2OS2/c1-11(7-2-3-13-4-7)9(12)8-5-14-6-10-8/h7-8,10H,2-6H2,1H3. The maximum absolute atomic E-state index is 12.0. The van der Waals surface area contributed by atoms with Crippen molar-refractivity contribution in [3.05, 3.63) is 0 Å². The Morgan fingerprint density at radius 3 is 2.86 bits per heavy atom. The van der Waals surface area contributed by atoms with E-state index < -0.39 is 0 Å². The lowest BCUT2D eigenvalue weighted by Crippen LogP contribution is -2.47. The molecule has 2 unspecified atom stereocenters. The molecule has 0 aromatic heterocycles. The molecule has 1 N–H and O–H groups in total. The Labute approximate surface area is 93.4 Å². The van der Waals surface area contributed by atoms with Gasteiger partial charge in [-0.2, -0.15) is 11.8 Å². The fourth-order valence-electron chi connectivity index (χ4n) is 1.81. The van der Waals surface area contributed by atoms with Gasteiger partial charge in [0.2, 0.25) is 5.91 Å². The second-order valence-electron chi connectivity index (χ2n) is 3.74. The van der Waals surface area contributed by atoms with Crippen molar-refractivity contribution >= 4 is 29.4 Å². The van der Waals surface area contributed by atoms with Gasteiger partial charge < -0.3 is 4.90 Å². The summed E-state index contributed by atoms with van der Waals surface area (Å²) in [6.45, 7) is 0. The van der Waals surface area contributed by atoms with Crippen LogP contribution in [0.2, 0.25) is 0 Å². The SMILES string of the molecule is CN(C(=O)C1CSCN1)C1CCSC1. The van der Waals surface area contributed by atoms with Gasteiger partial charge in [-0.05, 0) is 12.2 Å². The van der Waals surface area contributed by atoms with E-state index in [2.05, 4.69) is 5.32 Å². The highest BCUT2D eigenvalue weighted by Gasteiger charge is 2.30. The van der Waals surface area contributed by atoms with Gasteiger partial charge in [0.25, 0.3) is 0 Å². The number of hydrogen-bond donors (Lipinski definition) is 1. The summed E-state index contributed by atoms with van der Waals surface area (Å²) in [5.41, 5.74) is 0. The number of carbonyl (C=O) groups excluding carboxylic acids is 1. The molecule has 1 amide bonds. The Kier molecular flexibility index (Phi) is 3.62. The predicted octanol–water partition coefficient (Wildman–Crippen LogP) is 0.613. The zero-order valence-electron chi connectivity index (χ0n) is 8.36. The third-order valence-corrected chi connectivity index (χ3v) is 4.90. The van der Waals surface area contributed by atoms with Crippen LogP contribution in [0.5, 0.6) is 0 Å². The smallest absolute Gasteiger partial charge is 0.240 e. The predicted molar refractivity (Wildman–Crippen MR) is 62.7 cm³/mol. The lowest BCUT2D eigenvalue weighted by molar-refractivity contribution is -0.132.